The molecule has 1 saturated heterocycles. The van der Waals surface area contributed by atoms with E-state index in [1.54, 1.807) is 24.3 Å². The molecule has 1 aliphatic carbocycles. The number of fused-ring (bicyclic) bond motifs is 2. The fourth-order valence-corrected chi connectivity index (χ4v) is 6.54. The van der Waals surface area contributed by atoms with Gasteiger partial charge in [0.15, 0.2) is 0 Å². The first kappa shape index (κ1) is 29.7. The van der Waals surface area contributed by atoms with E-state index in [1.165, 1.54) is 6.08 Å². The summed E-state index contributed by atoms with van der Waals surface area (Å²) in [5, 5.41) is 29.9. The largest absolute Gasteiger partial charge is 0.390 e. The van der Waals surface area contributed by atoms with Gasteiger partial charge in [0.05, 0.1) is 18.2 Å². The van der Waals surface area contributed by atoms with Crippen LogP contribution in [0.3, 0.4) is 0 Å². The highest BCUT2D eigenvalue weighted by Crippen LogP contribution is 2.55. The molecule has 2 aliphatic heterocycles. The number of nitrogens with one attached hydrogen (secondary N) is 3. The Kier molecular flexibility index (Phi) is 8.64. The molecule has 39 heavy (non-hydrogen) atoms. The molecule has 1 aromatic rings. The van der Waals surface area contributed by atoms with Crippen LogP contribution in [-0.4, -0.2) is 59.0 Å². The molecule has 212 valence electrons. The summed E-state index contributed by atoms with van der Waals surface area (Å²) >= 11 is 12.1. The number of amides is 2. The van der Waals surface area contributed by atoms with Crippen LogP contribution in [0.1, 0.15) is 45.6 Å². The summed E-state index contributed by atoms with van der Waals surface area (Å²) in [5.41, 5.74) is 0.391. The van der Waals surface area contributed by atoms with Crippen LogP contribution in [-0.2, 0) is 15.0 Å². The van der Waals surface area contributed by atoms with Crippen LogP contribution < -0.4 is 16.0 Å². The predicted molar refractivity (Wildman–Crippen MR) is 151 cm³/mol. The van der Waals surface area contributed by atoms with E-state index in [0.29, 0.717) is 22.7 Å². The van der Waals surface area contributed by atoms with Crippen LogP contribution in [0.5, 0.6) is 0 Å². The van der Waals surface area contributed by atoms with Gasteiger partial charge in [0.1, 0.15) is 12.1 Å². The number of carbonyl (C=O) groups excluding carboxylic acids is 2. The molecule has 10 heteroatoms. The Morgan fingerprint density at radius 3 is 2.56 bits per heavy atom. The zero-order chi connectivity index (χ0) is 28.7. The van der Waals surface area contributed by atoms with Crippen LogP contribution in [0.4, 0.5) is 10.1 Å². The van der Waals surface area contributed by atoms with Gasteiger partial charge in [0, 0.05) is 33.7 Å². The van der Waals surface area contributed by atoms with E-state index >= 15 is 0 Å². The van der Waals surface area contributed by atoms with Crippen molar-refractivity contribution in [2.24, 2.45) is 11.3 Å². The van der Waals surface area contributed by atoms with Gasteiger partial charge in [-0.1, -0.05) is 68.8 Å². The normalized spacial score (nSPS) is 32.6. The lowest BCUT2D eigenvalue weighted by atomic mass is 9.62. The Bertz CT molecular complexity index is 1200. The second kappa shape index (κ2) is 11.3. The standard InChI is InChI=1S/C29H36Cl2FN3O4/c1-15(6-5-7-17(31)14-32)24-25(26(38)33-18-11-21(36)22(37)12-18)35-23(13-28(2,3)4)29(24)19-9-8-16(30)10-20(19)34-27(29)39/h5-10,18,21-25,35-37H,1,11-14H2,2-4H3,(H,33,38)(H,34,39)/b6-5-,17-7+/t18-,21+,22-,23-,24+,25-,29+/m1/s1. The molecule has 7 atom stereocenters. The van der Waals surface area contributed by atoms with Crippen molar-refractivity contribution in [2.45, 2.75) is 75.8 Å². The van der Waals surface area contributed by atoms with Crippen molar-refractivity contribution < 1.29 is 24.2 Å². The van der Waals surface area contributed by atoms with E-state index in [-0.39, 0.29) is 35.1 Å². The lowest BCUT2D eigenvalue weighted by Crippen LogP contribution is -2.51. The first-order valence-electron chi connectivity index (χ1n) is 13.1. The van der Waals surface area contributed by atoms with Crippen molar-refractivity contribution in [3.63, 3.8) is 0 Å². The van der Waals surface area contributed by atoms with E-state index < -0.39 is 48.3 Å². The molecule has 0 radical (unpaired) electrons. The van der Waals surface area contributed by atoms with Gasteiger partial charge in [0.25, 0.3) is 0 Å². The number of anilines is 1. The summed E-state index contributed by atoms with van der Waals surface area (Å²) in [5.74, 6) is -1.35. The quantitative estimate of drug-likeness (QED) is 0.312. The van der Waals surface area contributed by atoms with Gasteiger partial charge in [-0.05, 0) is 54.0 Å². The molecule has 4 rings (SSSR count). The van der Waals surface area contributed by atoms with Gasteiger partial charge in [-0.2, -0.15) is 0 Å². The predicted octanol–water partition coefficient (Wildman–Crippen LogP) is 4.13. The van der Waals surface area contributed by atoms with Gasteiger partial charge in [-0.15, -0.1) is 0 Å². The highest BCUT2D eigenvalue weighted by atomic mass is 35.5. The molecule has 0 unspecified atom stereocenters. The molecule has 1 saturated carbocycles. The number of aliphatic hydroxyl groups is 2. The average molecular weight is 581 g/mol. The summed E-state index contributed by atoms with van der Waals surface area (Å²) in [7, 11) is 0. The van der Waals surface area contributed by atoms with Crippen LogP contribution >= 0.6 is 23.2 Å². The molecule has 2 fully saturated rings. The topological polar surface area (TPSA) is 111 Å². The average Bonchev–Trinajstić information content (AvgIpc) is 3.44. The number of halogens is 3. The maximum Gasteiger partial charge on any atom is 0.238 e. The fraction of sp³-hybridized carbons (Fsp3) is 0.517. The summed E-state index contributed by atoms with van der Waals surface area (Å²) < 4.78 is 12.9. The fourth-order valence-electron chi connectivity index (χ4n) is 6.30. The number of alkyl halides is 1. The lowest BCUT2D eigenvalue weighted by molar-refractivity contribution is -0.125. The molecule has 7 nitrogen and oxygen atoms in total. The van der Waals surface area contributed by atoms with Gasteiger partial charge in [-0.3, -0.25) is 9.59 Å². The molecular formula is C29H36Cl2FN3O4. The van der Waals surface area contributed by atoms with E-state index in [2.05, 4.69) is 43.3 Å². The van der Waals surface area contributed by atoms with Crippen molar-refractivity contribution in [1.29, 1.82) is 0 Å². The third kappa shape index (κ3) is 5.81. The van der Waals surface area contributed by atoms with E-state index in [1.807, 2.05) is 6.07 Å². The zero-order valence-electron chi connectivity index (χ0n) is 22.3. The number of aliphatic hydroxyl groups excluding tert-OH is 2. The third-order valence-corrected chi connectivity index (χ3v) is 8.32. The molecule has 1 spiro atoms. The highest BCUT2D eigenvalue weighted by molar-refractivity contribution is 6.31. The van der Waals surface area contributed by atoms with Crippen molar-refractivity contribution in [3.05, 3.63) is 64.2 Å². The summed E-state index contributed by atoms with van der Waals surface area (Å²) in [6, 6.07) is 3.52. The van der Waals surface area contributed by atoms with Crippen molar-refractivity contribution in [3.8, 4) is 0 Å². The Hall–Kier alpha value is -2.23. The minimum absolute atomic E-state index is 0.00941. The highest BCUT2D eigenvalue weighted by Gasteiger charge is 2.65. The minimum Gasteiger partial charge on any atom is -0.390 e. The first-order chi connectivity index (χ1) is 18.3. The van der Waals surface area contributed by atoms with Crippen molar-refractivity contribution in [1.82, 2.24) is 10.6 Å². The molecule has 2 amide bonds. The maximum absolute atomic E-state index is 14.1. The summed E-state index contributed by atoms with van der Waals surface area (Å²) in [6.45, 7) is 9.65. The van der Waals surface area contributed by atoms with Gasteiger partial charge in [-0.25, -0.2) is 4.39 Å². The van der Waals surface area contributed by atoms with Crippen LogP contribution in [0.2, 0.25) is 5.02 Å². The summed E-state index contributed by atoms with van der Waals surface area (Å²) in [4.78, 5) is 27.9. The maximum atomic E-state index is 14.1. The van der Waals surface area contributed by atoms with Crippen LogP contribution in [0.25, 0.3) is 0 Å². The minimum atomic E-state index is -1.20. The van der Waals surface area contributed by atoms with E-state index in [4.69, 9.17) is 23.2 Å². The zero-order valence-corrected chi connectivity index (χ0v) is 23.8. The first-order valence-corrected chi connectivity index (χ1v) is 13.8. The molecule has 3 aliphatic rings. The van der Waals surface area contributed by atoms with Crippen molar-refractivity contribution >= 4 is 40.7 Å². The molecule has 1 aromatic carbocycles. The molecule has 0 bridgehead atoms. The van der Waals surface area contributed by atoms with E-state index in [9.17, 15) is 24.2 Å². The van der Waals surface area contributed by atoms with Crippen molar-refractivity contribution in [2.75, 3.05) is 12.0 Å². The van der Waals surface area contributed by atoms with Crippen LogP contribution in [0, 0.1) is 11.3 Å². The molecule has 2 heterocycles. The Morgan fingerprint density at radius 1 is 1.28 bits per heavy atom. The van der Waals surface area contributed by atoms with Gasteiger partial charge >= 0.3 is 0 Å². The SMILES string of the molecule is C=C(/C=C\C=C(\Cl)CF)[C@H]1[C@H](C(=O)N[C@H]2C[C@@H](O)[C@@H](O)C2)N[C@H](CC(C)(C)C)[C@]12C(=O)Nc1cc(Cl)ccc12. The molecule has 0 aromatic heterocycles. The summed E-state index contributed by atoms with van der Waals surface area (Å²) in [6.07, 6.45) is 3.82. The van der Waals surface area contributed by atoms with Gasteiger partial charge in [0.2, 0.25) is 11.8 Å². The number of allylic oxidation sites excluding steroid dienone is 4. The second-order valence-electron chi connectivity index (χ2n) is 11.9. The second-order valence-corrected chi connectivity index (χ2v) is 12.9. The lowest BCUT2D eigenvalue weighted by Gasteiger charge is -2.37. The number of hydrogen-bond donors (Lipinski definition) is 5. The molecule has 5 N–H and O–H groups in total. The Balaban J connectivity index is 1.82. The number of benzene rings is 1. The van der Waals surface area contributed by atoms with Gasteiger partial charge < -0.3 is 26.2 Å². The molecular weight excluding hydrogens is 544 g/mol. The third-order valence-electron chi connectivity index (χ3n) is 7.86. The Labute approximate surface area is 238 Å². The number of carbonyl (C=O) groups is 2. The number of rotatable bonds is 7. The van der Waals surface area contributed by atoms with Crippen LogP contribution in [0.15, 0.2) is 53.6 Å². The van der Waals surface area contributed by atoms with E-state index in [0.717, 1.165) is 5.56 Å². The smallest absolute Gasteiger partial charge is 0.238 e. The monoisotopic (exact) mass is 579 g/mol. The Morgan fingerprint density at radius 2 is 1.95 bits per heavy atom. The number of hydrogen-bond acceptors (Lipinski definition) is 5.